The maximum atomic E-state index is 12.6. The molecule has 0 bridgehead atoms. The average molecular weight is 362 g/mol. The van der Waals surface area contributed by atoms with Crippen molar-refractivity contribution >= 4 is 33.7 Å². The number of rotatable bonds is 3. The molecule has 0 saturated carbocycles. The Labute approximate surface area is 150 Å². The summed E-state index contributed by atoms with van der Waals surface area (Å²) in [7, 11) is 0. The number of aryl methyl sites for hydroxylation is 2. The van der Waals surface area contributed by atoms with E-state index in [0.29, 0.717) is 0 Å². The first kappa shape index (κ1) is 16.2. The molecule has 0 spiro atoms. The van der Waals surface area contributed by atoms with Crippen LogP contribution in [0.4, 0.5) is 5.13 Å². The topological polar surface area (TPSA) is 45.2 Å². The highest BCUT2D eigenvalue weighted by molar-refractivity contribution is 7.16. The second kappa shape index (κ2) is 6.94. The van der Waals surface area contributed by atoms with Gasteiger partial charge in [0.25, 0.3) is 5.91 Å². The van der Waals surface area contributed by atoms with Gasteiger partial charge in [0.15, 0.2) is 5.13 Å². The lowest BCUT2D eigenvalue weighted by molar-refractivity contribution is 0.103. The largest absolute Gasteiger partial charge is 0.298 e. The third kappa shape index (κ3) is 3.27. The highest BCUT2D eigenvalue weighted by Crippen LogP contribution is 2.31. The molecule has 0 fully saturated rings. The van der Waals surface area contributed by atoms with Crippen LogP contribution in [0.2, 0.25) is 0 Å². The standard InChI is InChI=1S/C18H23N3OS2/c1-2-21-9-8-13-16(11-21)24-18(19-13)20-17(22)15-10-12-6-4-3-5-7-14(12)23-15/h10H,2-9,11H2,1H3,(H,19,20,22). The highest BCUT2D eigenvalue weighted by atomic mass is 32.1. The number of aromatic nitrogens is 1. The molecule has 0 unspecified atom stereocenters. The van der Waals surface area contributed by atoms with Gasteiger partial charge in [-0.05, 0) is 43.9 Å². The normalized spacial score (nSPS) is 17.9. The fourth-order valence-corrected chi connectivity index (χ4v) is 5.70. The van der Waals surface area contributed by atoms with Gasteiger partial charge in [0.2, 0.25) is 0 Å². The van der Waals surface area contributed by atoms with Gasteiger partial charge in [-0.25, -0.2) is 4.98 Å². The molecule has 0 saturated heterocycles. The van der Waals surface area contributed by atoms with Crippen molar-refractivity contribution in [2.75, 3.05) is 18.4 Å². The Hall–Kier alpha value is -1.24. The van der Waals surface area contributed by atoms with E-state index in [9.17, 15) is 4.79 Å². The van der Waals surface area contributed by atoms with E-state index in [0.717, 1.165) is 48.9 Å². The Morgan fingerprint density at radius 3 is 2.96 bits per heavy atom. The predicted octanol–water partition coefficient (Wildman–Crippen LogP) is 4.10. The number of carbonyl (C=O) groups is 1. The lowest BCUT2D eigenvalue weighted by Crippen LogP contribution is -2.29. The van der Waals surface area contributed by atoms with Gasteiger partial charge in [-0.2, -0.15) is 0 Å². The van der Waals surface area contributed by atoms with Crippen LogP contribution in [0.15, 0.2) is 6.07 Å². The summed E-state index contributed by atoms with van der Waals surface area (Å²) >= 11 is 3.31. The van der Waals surface area contributed by atoms with E-state index in [1.54, 1.807) is 22.7 Å². The van der Waals surface area contributed by atoms with E-state index in [-0.39, 0.29) is 5.91 Å². The number of nitrogens with zero attached hydrogens (tertiary/aromatic N) is 2. The second-order valence-corrected chi connectivity index (χ2v) is 8.80. The summed E-state index contributed by atoms with van der Waals surface area (Å²) in [5, 5.41) is 3.79. The third-order valence-electron chi connectivity index (χ3n) is 4.95. The van der Waals surface area contributed by atoms with Crippen LogP contribution in [0.1, 0.15) is 56.9 Å². The van der Waals surface area contributed by atoms with Gasteiger partial charge >= 0.3 is 0 Å². The maximum Gasteiger partial charge on any atom is 0.267 e. The van der Waals surface area contributed by atoms with Crippen molar-refractivity contribution in [3.63, 3.8) is 0 Å². The number of thiazole rings is 1. The SMILES string of the molecule is CCN1CCc2nc(NC(=O)c3cc4c(s3)CCCCC4)sc2C1. The molecule has 1 N–H and O–H groups in total. The summed E-state index contributed by atoms with van der Waals surface area (Å²) in [5.74, 6) is 0.00604. The monoisotopic (exact) mass is 361 g/mol. The quantitative estimate of drug-likeness (QED) is 0.837. The van der Waals surface area contributed by atoms with Gasteiger partial charge in [0, 0.05) is 29.3 Å². The molecule has 2 aliphatic rings. The first-order valence-electron chi connectivity index (χ1n) is 8.87. The molecule has 2 aromatic rings. The summed E-state index contributed by atoms with van der Waals surface area (Å²) in [6.07, 6.45) is 7.05. The van der Waals surface area contributed by atoms with Crippen LogP contribution in [0.3, 0.4) is 0 Å². The van der Waals surface area contributed by atoms with E-state index in [4.69, 9.17) is 0 Å². The fourth-order valence-electron chi connectivity index (χ4n) is 3.51. The molecule has 0 atom stereocenters. The smallest absolute Gasteiger partial charge is 0.267 e. The van der Waals surface area contributed by atoms with Crippen molar-refractivity contribution < 1.29 is 4.79 Å². The molecule has 24 heavy (non-hydrogen) atoms. The molecular formula is C18H23N3OS2. The molecule has 4 nitrogen and oxygen atoms in total. The molecule has 6 heteroatoms. The number of amides is 1. The first-order chi connectivity index (χ1) is 11.7. The van der Waals surface area contributed by atoms with Crippen molar-refractivity contribution in [1.82, 2.24) is 9.88 Å². The van der Waals surface area contributed by atoms with Gasteiger partial charge in [-0.15, -0.1) is 22.7 Å². The minimum Gasteiger partial charge on any atom is -0.298 e. The Bertz CT molecular complexity index is 726. The third-order valence-corrected chi connectivity index (χ3v) is 7.18. The number of nitrogens with one attached hydrogen (secondary N) is 1. The highest BCUT2D eigenvalue weighted by Gasteiger charge is 2.22. The van der Waals surface area contributed by atoms with Crippen molar-refractivity contribution in [2.45, 2.75) is 52.0 Å². The summed E-state index contributed by atoms with van der Waals surface area (Å²) in [4.78, 5) is 23.2. The molecule has 4 rings (SSSR count). The zero-order valence-electron chi connectivity index (χ0n) is 14.1. The molecule has 0 aromatic carbocycles. The Morgan fingerprint density at radius 1 is 1.21 bits per heavy atom. The Kier molecular flexibility index (Phi) is 4.70. The van der Waals surface area contributed by atoms with E-state index in [2.05, 4.69) is 28.2 Å². The van der Waals surface area contributed by atoms with Gasteiger partial charge in [-0.1, -0.05) is 13.3 Å². The van der Waals surface area contributed by atoms with E-state index in [1.165, 1.54) is 40.3 Å². The van der Waals surface area contributed by atoms with Crippen molar-refractivity contribution in [2.24, 2.45) is 0 Å². The van der Waals surface area contributed by atoms with Crippen LogP contribution in [0, 0.1) is 0 Å². The number of likely N-dealkylation sites (N-methyl/N-ethyl adjacent to an activating group) is 1. The summed E-state index contributed by atoms with van der Waals surface area (Å²) < 4.78 is 0. The van der Waals surface area contributed by atoms with Crippen LogP contribution in [0.25, 0.3) is 0 Å². The molecular weight excluding hydrogens is 338 g/mol. The van der Waals surface area contributed by atoms with E-state index < -0.39 is 0 Å². The number of hydrogen-bond acceptors (Lipinski definition) is 5. The predicted molar refractivity (Wildman–Crippen MR) is 100 cm³/mol. The number of fused-ring (bicyclic) bond motifs is 2. The van der Waals surface area contributed by atoms with Crippen LogP contribution in [-0.2, 0) is 25.8 Å². The van der Waals surface area contributed by atoms with Crippen molar-refractivity contribution in [1.29, 1.82) is 0 Å². The average Bonchev–Trinajstić information content (AvgIpc) is 3.11. The lowest BCUT2D eigenvalue weighted by Gasteiger charge is -2.23. The number of hydrogen-bond donors (Lipinski definition) is 1. The fraction of sp³-hybridized carbons (Fsp3) is 0.556. The molecule has 3 heterocycles. The zero-order chi connectivity index (χ0) is 16.5. The Morgan fingerprint density at radius 2 is 2.08 bits per heavy atom. The minimum atomic E-state index is 0.00604. The van der Waals surface area contributed by atoms with E-state index in [1.807, 2.05) is 0 Å². The van der Waals surface area contributed by atoms with Crippen LogP contribution < -0.4 is 5.32 Å². The second-order valence-electron chi connectivity index (χ2n) is 6.58. The summed E-state index contributed by atoms with van der Waals surface area (Å²) in [5.41, 5.74) is 2.56. The van der Waals surface area contributed by atoms with Gasteiger partial charge in [-0.3, -0.25) is 15.0 Å². The first-order valence-corrected chi connectivity index (χ1v) is 10.5. The van der Waals surface area contributed by atoms with Gasteiger partial charge < -0.3 is 0 Å². The number of thiophene rings is 1. The number of carbonyl (C=O) groups excluding carboxylic acids is 1. The van der Waals surface area contributed by atoms with Crippen molar-refractivity contribution in [3.8, 4) is 0 Å². The van der Waals surface area contributed by atoms with Crippen LogP contribution in [-0.4, -0.2) is 28.9 Å². The maximum absolute atomic E-state index is 12.6. The van der Waals surface area contributed by atoms with Gasteiger partial charge in [0.05, 0.1) is 10.6 Å². The van der Waals surface area contributed by atoms with Crippen molar-refractivity contribution in [3.05, 3.63) is 32.0 Å². The molecule has 0 radical (unpaired) electrons. The zero-order valence-corrected chi connectivity index (χ0v) is 15.7. The summed E-state index contributed by atoms with van der Waals surface area (Å²) in [6, 6.07) is 2.10. The Balaban J connectivity index is 1.48. The molecule has 2 aromatic heterocycles. The van der Waals surface area contributed by atoms with Crippen LogP contribution >= 0.6 is 22.7 Å². The lowest BCUT2D eigenvalue weighted by atomic mass is 10.1. The molecule has 1 aliphatic heterocycles. The summed E-state index contributed by atoms with van der Waals surface area (Å²) in [6.45, 7) is 5.29. The minimum absolute atomic E-state index is 0.00604. The molecule has 1 aliphatic carbocycles. The molecule has 1 amide bonds. The van der Waals surface area contributed by atoms with Gasteiger partial charge in [0.1, 0.15) is 0 Å². The van der Waals surface area contributed by atoms with Crippen LogP contribution in [0.5, 0.6) is 0 Å². The molecule has 128 valence electrons. The van der Waals surface area contributed by atoms with E-state index >= 15 is 0 Å². The number of anilines is 1.